The van der Waals surface area contributed by atoms with Gasteiger partial charge in [0.2, 0.25) is 0 Å². The third kappa shape index (κ3) is 5.68. The molecule has 0 spiro atoms. The van der Waals surface area contributed by atoms with Crippen molar-refractivity contribution >= 4 is 34.7 Å². The first-order chi connectivity index (χ1) is 15.8. The first-order valence-corrected chi connectivity index (χ1v) is 11.9. The SMILES string of the molecule is Cc1ccc(C(=O)NC2CC2)cc1NC(=O)c1ccc(-c2ccc(C(=O)NC(C)C)cc2)s1. The van der Waals surface area contributed by atoms with E-state index in [0.29, 0.717) is 21.7 Å². The molecule has 2 aromatic carbocycles. The average Bonchev–Trinajstić information content (AvgIpc) is 3.45. The minimum absolute atomic E-state index is 0.0763. The lowest BCUT2D eigenvalue weighted by Crippen LogP contribution is -2.29. The minimum Gasteiger partial charge on any atom is -0.350 e. The van der Waals surface area contributed by atoms with E-state index in [4.69, 9.17) is 0 Å². The molecule has 7 heteroatoms. The maximum Gasteiger partial charge on any atom is 0.265 e. The Morgan fingerprint density at radius 1 is 0.879 bits per heavy atom. The molecule has 0 radical (unpaired) electrons. The monoisotopic (exact) mass is 461 g/mol. The second-order valence-electron chi connectivity index (χ2n) is 8.60. The smallest absolute Gasteiger partial charge is 0.265 e. The molecular weight excluding hydrogens is 434 g/mol. The van der Waals surface area contributed by atoms with Gasteiger partial charge in [0.1, 0.15) is 0 Å². The number of hydrogen-bond acceptors (Lipinski definition) is 4. The number of hydrogen-bond donors (Lipinski definition) is 3. The van der Waals surface area contributed by atoms with Crippen molar-refractivity contribution in [3.8, 4) is 10.4 Å². The number of aryl methyl sites for hydroxylation is 1. The predicted octanol–water partition coefficient (Wildman–Crippen LogP) is 5.01. The molecule has 170 valence electrons. The van der Waals surface area contributed by atoms with E-state index in [1.807, 2.05) is 45.0 Å². The van der Waals surface area contributed by atoms with Gasteiger partial charge >= 0.3 is 0 Å². The van der Waals surface area contributed by atoms with Crippen LogP contribution in [0, 0.1) is 6.92 Å². The van der Waals surface area contributed by atoms with Gasteiger partial charge in [-0.2, -0.15) is 0 Å². The molecule has 3 aromatic rings. The van der Waals surface area contributed by atoms with Gasteiger partial charge < -0.3 is 16.0 Å². The molecule has 0 saturated heterocycles. The van der Waals surface area contributed by atoms with Crippen molar-refractivity contribution in [2.75, 3.05) is 5.32 Å². The minimum atomic E-state index is -0.220. The van der Waals surface area contributed by atoms with Crippen molar-refractivity contribution in [3.05, 3.63) is 76.2 Å². The van der Waals surface area contributed by atoms with Crippen LogP contribution in [-0.4, -0.2) is 29.8 Å². The molecule has 1 aliphatic rings. The van der Waals surface area contributed by atoms with Crippen LogP contribution >= 0.6 is 11.3 Å². The summed E-state index contributed by atoms with van der Waals surface area (Å²) in [6.45, 7) is 5.74. The maximum absolute atomic E-state index is 12.9. The van der Waals surface area contributed by atoms with Crippen LogP contribution in [0.25, 0.3) is 10.4 Å². The van der Waals surface area contributed by atoms with Gasteiger partial charge in [0.25, 0.3) is 17.7 Å². The van der Waals surface area contributed by atoms with Crippen LogP contribution in [0.4, 0.5) is 5.69 Å². The van der Waals surface area contributed by atoms with E-state index < -0.39 is 0 Å². The molecule has 33 heavy (non-hydrogen) atoms. The van der Waals surface area contributed by atoms with E-state index in [1.54, 1.807) is 30.3 Å². The molecule has 3 N–H and O–H groups in total. The molecule has 0 unspecified atom stereocenters. The van der Waals surface area contributed by atoms with E-state index in [2.05, 4.69) is 16.0 Å². The van der Waals surface area contributed by atoms with Crippen LogP contribution in [0.15, 0.2) is 54.6 Å². The largest absolute Gasteiger partial charge is 0.350 e. The molecule has 0 atom stereocenters. The van der Waals surface area contributed by atoms with Crippen LogP contribution in [-0.2, 0) is 0 Å². The summed E-state index contributed by atoms with van der Waals surface area (Å²) in [7, 11) is 0. The van der Waals surface area contributed by atoms with Crippen molar-refractivity contribution in [2.45, 2.75) is 45.7 Å². The lowest BCUT2D eigenvalue weighted by molar-refractivity contribution is 0.0937. The van der Waals surface area contributed by atoms with Gasteiger partial charge in [0.15, 0.2) is 0 Å². The lowest BCUT2D eigenvalue weighted by Gasteiger charge is -2.10. The number of carbonyl (C=O) groups excluding carboxylic acids is 3. The topological polar surface area (TPSA) is 87.3 Å². The predicted molar refractivity (Wildman–Crippen MR) is 132 cm³/mol. The summed E-state index contributed by atoms with van der Waals surface area (Å²) in [6, 6.07) is 16.7. The molecule has 1 heterocycles. The third-order valence-electron chi connectivity index (χ3n) is 5.34. The summed E-state index contributed by atoms with van der Waals surface area (Å²) in [4.78, 5) is 38.9. The molecule has 6 nitrogen and oxygen atoms in total. The van der Waals surface area contributed by atoms with Crippen molar-refractivity contribution in [2.24, 2.45) is 0 Å². The maximum atomic E-state index is 12.9. The zero-order valence-corrected chi connectivity index (χ0v) is 19.7. The van der Waals surface area contributed by atoms with E-state index in [0.717, 1.165) is 28.8 Å². The van der Waals surface area contributed by atoms with Gasteiger partial charge in [-0.15, -0.1) is 11.3 Å². The fraction of sp³-hybridized carbons (Fsp3) is 0.269. The Morgan fingerprint density at radius 2 is 1.58 bits per heavy atom. The highest BCUT2D eigenvalue weighted by molar-refractivity contribution is 7.17. The highest BCUT2D eigenvalue weighted by Crippen LogP contribution is 2.29. The van der Waals surface area contributed by atoms with Gasteiger partial charge in [0.05, 0.1) is 4.88 Å². The van der Waals surface area contributed by atoms with Gasteiger partial charge in [-0.1, -0.05) is 18.2 Å². The Hall–Kier alpha value is -3.45. The zero-order chi connectivity index (χ0) is 23.5. The Bertz CT molecular complexity index is 1190. The number of thiophene rings is 1. The van der Waals surface area contributed by atoms with E-state index >= 15 is 0 Å². The molecule has 1 aliphatic carbocycles. The van der Waals surface area contributed by atoms with Crippen LogP contribution < -0.4 is 16.0 Å². The normalized spacial score (nSPS) is 13.0. The summed E-state index contributed by atoms with van der Waals surface area (Å²) < 4.78 is 0. The number of benzene rings is 2. The molecule has 1 aromatic heterocycles. The highest BCUT2D eigenvalue weighted by atomic mass is 32.1. The van der Waals surface area contributed by atoms with Gasteiger partial charge in [0, 0.05) is 33.8 Å². The van der Waals surface area contributed by atoms with Crippen molar-refractivity contribution < 1.29 is 14.4 Å². The second-order valence-corrected chi connectivity index (χ2v) is 9.68. The van der Waals surface area contributed by atoms with Crippen molar-refractivity contribution in [1.82, 2.24) is 10.6 Å². The Balaban J connectivity index is 1.45. The fourth-order valence-electron chi connectivity index (χ4n) is 3.32. The molecule has 4 rings (SSSR count). The molecule has 1 saturated carbocycles. The van der Waals surface area contributed by atoms with Crippen LogP contribution in [0.3, 0.4) is 0 Å². The molecule has 0 aliphatic heterocycles. The number of amides is 3. The Labute approximate surface area is 197 Å². The van der Waals surface area contributed by atoms with Crippen molar-refractivity contribution in [1.29, 1.82) is 0 Å². The lowest BCUT2D eigenvalue weighted by atomic mass is 10.1. The Morgan fingerprint density at radius 3 is 2.24 bits per heavy atom. The summed E-state index contributed by atoms with van der Waals surface area (Å²) >= 11 is 1.38. The zero-order valence-electron chi connectivity index (χ0n) is 18.9. The molecule has 1 fully saturated rings. The van der Waals surface area contributed by atoms with E-state index in [9.17, 15) is 14.4 Å². The standard InChI is InChI=1S/C26H27N3O3S/c1-15(2)27-24(30)18-8-6-17(7-9-18)22-12-13-23(33-22)26(32)29-21-14-19(5-4-16(21)3)25(31)28-20-10-11-20/h4-9,12-15,20H,10-11H2,1-3H3,(H,27,30)(H,28,31)(H,29,32). The summed E-state index contributed by atoms with van der Waals surface area (Å²) in [5.74, 6) is -0.440. The van der Waals surface area contributed by atoms with Crippen LogP contribution in [0.2, 0.25) is 0 Å². The molecule has 3 amide bonds. The number of carbonyl (C=O) groups is 3. The first-order valence-electron chi connectivity index (χ1n) is 11.0. The Kier molecular flexibility index (Phi) is 6.60. The third-order valence-corrected chi connectivity index (χ3v) is 6.47. The van der Waals surface area contributed by atoms with Gasteiger partial charge in [-0.3, -0.25) is 14.4 Å². The van der Waals surface area contributed by atoms with Crippen LogP contribution in [0.5, 0.6) is 0 Å². The summed E-state index contributed by atoms with van der Waals surface area (Å²) in [5, 5.41) is 8.78. The van der Waals surface area contributed by atoms with Crippen LogP contribution in [0.1, 0.15) is 62.6 Å². The number of rotatable bonds is 7. The first kappa shape index (κ1) is 22.7. The van der Waals surface area contributed by atoms with Gasteiger partial charge in [-0.05, 0) is 81.1 Å². The van der Waals surface area contributed by atoms with E-state index in [-0.39, 0.29) is 29.8 Å². The van der Waals surface area contributed by atoms with Crippen molar-refractivity contribution in [3.63, 3.8) is 0 Å². The van der Waals surface area contributed by atoms with Gasteiger partial charge in [-0.25, -0.2) is 0 Å². The average molecular weight is 462 g/mol. The molecule has 0 bridgehead atoms. The highest BCUT2D eigenvalue weighted by Gasteiger charge is 2.24. The molecular formula is C26H27N3O3S. The summed E-state index contributed by atoms with van der Waals surface area (Å²) in [6.07, 6.45) is 2.05. The number of anilines is 1. The quantitative estimate of drug-likeness (QED) is 0.462. The summed E-state index contributed by atoms with van der Waals surface area (Å²) in [5.41, 5.74) is 3.59. The number of nitrogens with one attached hydrogen (secondary N) is 3. The second kappa shape index (κ2) is 9.58. The van der Waals surface area contributed by atoms with E-state index in [1.165, 1.54) is 11.3 Å². The fourth-order valence-corrected chi connectivity index (χ4v) is 4.23.